The summed E-state index contributed by atoms with van der Waals surface area (Å²) in [4.78, 5) is 22.5. The van der Waals surface area contributed by atoms with Gasteiger partial charge in [0.05, 0.1) is 7.11 Å². The zero-order valence-corrected chi connectivity index (χ0v) is 10.0. The minimum absolute atomic E-state index is 0.359. The zero-order valence-electron chi connectivity index (χ0n) is 8.44. The molecule has 0 unspecified atom stereocenters. The number of carbonyl (C=O) groups is 2. The number of esters is 1. The van der Waals surface area contributed by atoms with E-state index in [1.807, 2.05) is 0 Å². The Morgan fingerprint density at radius 1 is 1.38 bits per heavy atom. The summed E-state index contributed by atoms with van der Waals surface area (Å²) in [5.41, 5.74) is 0.359. The van der Waals surface area contributed by atoms with Gasteiger partial charge in [-0.15, -0.1) is 0 Å². The molecule has 1 N–H and O–H groups in total. The number of carbonyl (C=O) groups excluding carboxylic acids is 2. The van der Waals surface area contributed by atoms with Crippen LogP contribution in [0.4, 0.5) is 0 Å². The van der Waals surface area contributed by atoms with Crippen molar-refractivity contribution in [3.05, 3.63) is 46.1 Å². The number of hydrogen-bond acceptors (Lipinski definition) is 4. The van der Waals surface area contributed by atoms with Crippen molar-refractivity contribution in [3.63, 3.8) is 0 Å². The standard InChI is InChI=1S/C11H9BrO4/c1-16-11(15)10(14)6-9(13)7-4-2-3-5-8(7)12/h2-6,14H,1H3. The van der Waals surface area contributed by atoms with Crippen molar-refractivity contribution in [2.24, 2.45) is 0 Å². The predicted molar refractivity (Wildman–Crippen MR) is 61.2 cm³/mol. The van der Waals surface area contributed by atoms with Crippen molar-refractivity contribution in [1.82, 2.24) is 0 Å². The molecule has 1 aromatic carbocycles. The van der Waals surface area contributed by atoms with Crippen LogP contribution in [0.25, 0.3) is 0 Å². The normalized spacial score (nSPS) is 11.0. The van der Waals surface area contributed by atoms with E-state index in [9.17, 15) is 14.7 Å². The number of halogens is 1. The molecule has 0 aliphatic carbocycles. The number of allylic oxidation sites excluding steroid dienone is 1. The van der Waals surface area contributed by atoms with E-state index in [1.165, 1.54) is 0 Å². The predicted octanol–water partition coefficient (Wildman–Crippen LogP) is 2.25. The van der Waals surface area contributed by atoms with Gasteiger partial charge in [-0.1, -0.05) is 28.1 Å². The van der Waals surface area contributed by atoms with E-state index >= 15 is 0 Å². The van der Waals surface area contributed by atoms with Gasteiger partial charge in [-0.05, 0) is 12.1 Å². The van der Waals surface area contributed by atoms with Gasteiger partial charge in [0.15, 0.2) is 5.78 Å². The summed E-state index contributed by atoms with van der Waals surface area (Å²) in [6.07, 6.45) is 0.825. The molecule has 0 aliphatic rings. The Morgan fingerprint density at radius 3 is 2.56 bits per heavy atom. The van der Waals surface area contributed by atoms with Gasteiger partial charge >= 0.3 is 5.97 Å². The third-order valence-electron chi connectivity index (χ3n) is 1.80. The largest absolute Gasteiger partial charge is 0.502 e. The first-order chi connectivity index (χ1) is 7.56. The van der Waals surface area contributed by atoms with Crippen LogP contribution in [-0.4, -0.2) is 24.0 Å². The van der Waals surface area contributed by atoms with Gasteiger partial charge in [0.2, 0.25) is 5.76 Å². The monoisotopic (exact) mass is 284 g/mol. The van der Waals surface area contributed by atoms with Crippen molar-refractivity contribution >= 4 is 27.7 Å². The third-order valence-corrected chi connectivity index (χ3v) is 2.49. The van der Waals surface area contributed by atoms with Gasteiger partial charge in [0, 0.05) is 16.1 Å². The number of hydrogen-bond donors (Lipinski definition) is 1. The molecule has 16 heavy (non-hydrogen) atoms. The number of aliphatic hydroxyl groups is 1. The number of aliphatic hydroxyl groups excluding tert-OH is 1. The van der Waals surface area contributed by atoms with E-state index in [1.54, 1.807) is 24.3 Å². The lowest BCUT2D eigenvalue weighted by Crippen LogP contribution is -2.07. The third kappa shape index (κ3) is 2.93. The summed E-state index contributed by atoms with van der Waals surface area (Å²) in [7, 11) is 1.12. The second kappa shape index (κ2) is 5.46. The van der Waals surface area contributed by atoms with Crippen molar-refractivity contribution in [1.29, 1.82) is 0 Å². The van der Waals surface area contributed by atoms with Crippen LogP contribution >= 0.6 is 15.9 Å². The van der Waals surface area contributed by atoms with E-state index in [2.05, 4.69) is 20.7 Å². The molecule has 0 saturated carbocycles. The highest BCUT2D eigenvalue weighted by atomic mass is 79.9. The van der Waals surface area contributed by atoms with Crippen LogP contribution in [0, 0.1) is 0 Å². The molecule has 0 aliphatic heterocycles. The highest BCUT2D eigenvalue weighted by Crippen LogP contribution is 2.17. The van der Waals surface area contributed by atoms with E-state index < -0.39 is 17.5 Å². The fraction of sp³-hybridized carbons (Fsp3) is 0.0909. The minimum Gasteiger partial charge on any atom is -0.502 e. The fourth-order valence-corrected chi connectivity index (χ4v) is 1.51. The average Bonchev–Trinajstić information content (AvgIpc) is 2.28. The van der Waals surface area contributed by atoms with Crippen LogP contribution in [0.2, 0.25) is 0 Å². The SMILES string of the molecule is COC(=O)C(O)=CC(=O)c1ccccc1Br. The molecule has 1 aromatic rings. The molecule has 0 amide bonds. The lowest BCUT2D eigenvalue weighted by atomic mass is 10.1. The lowest BCUT2D eigenvalue weighted by molar-refractivity contribution is -0.139. The molecular formula is C11H9BrO4. The number of rotatable bonds is 3. The van der Waals surface area contributed by atoms with Crippen molar-refractivity contribution in [2.75, 3.05) is 7.11 Å². The number of methoxy groups -OCH3 is 1. The smallest absolute Gasteiger partial charge is 0.373 e. The summed E-state index contributed by atoms with van der Waals surface area (Å²) in [6, 6.07) is 6.70. The summed E-state index contributed by atoms with van der Waals surface area (Å²) in [5, 5.41) is 9.19. The Hall–Kier alpha value is -1.62. The molecule has 0 atom stereocenters. The first-order valence-electron chi connectivity index (χ1n) is 4.34. The molecule has 0 saturated heterocycles. The molecule has 0 aromatic heterocycles. The van der Waals surface area contributed by atoms with Crippen LogP contribution in [0.5, 0.6) is 0 Å². The first kappa shape index (κ1) is 12.4. The number of ketones is 1. The lowest BCUT2D eigenvalue weighted by Gasteiger charge is -2.00. The molecule has 1 rings (SSSR count). The molecule has 84 valence electrons. The number of benzene rings is 1. The van der Waals surface area contributed by atoms with Crippen molar-refractivity contribution in [2.45, 2.75) is 0 Å². The quantitative estimate of drug-likeness (QED) is 0.400. The van der Waals surface area contributed by atoms with E-state index in [4.69, 9.17) is 0 Å². The van der Waals surface area contributed by atoms with Crippen molar-refractivity contribution in [3.8, 4) is 0 Å². The second-order valence-electron chi connectivity index (χ2n) is 2.87. The maximum atomic E-state index is 11.6. The van der Waals surface area contributed by atoms with E-state index in [0.717, 1.165) is 13.2 Å². The van der Waals surface area contributed by atoms with Gasteiger partial charge < -0.3 is 9.84 Å². The topological polar surface area (TPSA) is 63.6 Å². The van der Waals surface area contributed by atoms with Gasteiger partial charge in [0.1, 0.15) is 0 Å². The Morgan fingerprint density at radius 2 is 2.00 bits per heavy atom. The molecule has 0 radical (unpaired) electrons. The minimum atomic E-state index is -0.944. The van der Waals surface area contributed by atoms with Gasteiger partial charge in [-0.3, -0.25) is 4.79 Å². The Labute approximate surface area is 101 Å². The van der Waals surface area contributed by atoms with Crippen molar-refractivity contribution < 1.29 is 19.4 Å². The Kier molecular flexibility index (Phi) is 4.25. The summed E-state index contributed by atoms with van der Waals surface area (Å²) < 4.78 is 4.85. The van der Waals surface area contributed by atoms with E-state index in [-0.39, 0.29) is 0 Å². The molecule has 5 heteroatoms. The van der Waals surface area contributed by atoms with Crippen LogP contribution in [-0.2, 0) is 9.53 Å². The Bertz CT molecular complexity index is 451. The molecular weight excluding hydrogens is 276 g/mol. The molecule has 0 spiro atoms. The fourth-order valence-electron chi connectivity index (χ4n) is 1.03. The average molecular weight is 285 g/mol. The zero-order chi connectivity index (χ0) is 12.1. The summed E-state index contributed by atoms with van der Waals surface area (Å²) in [6.45, 7) is 0. The first-order valence-corrected chi connectivity index (χ1v) is 5.13. The highest BCUT2D eigenvalue weighted by molar-refractivity contribution is 9.10. The van der Waals surface area contributed by atoms with Crippen LogP contribution in [0.1, 0.15) is 10.4 Å². The second-order valence-corrected chi connectivity index (χ2v) is 3.72. The molecule has 0 bridgehead atoms. The van der Waals surface area contributed by atoms with Gasteiger partial charge in [-0.25, -0.2) is 4.79 Å². The highest BCUT2D eigenvalue weighted by Gasteiger charge is 2.12. The van der Waals surface area contributed by atoms with Crippen LogP contribution in [0.15, 0.2) is 40.6 Å². The molecule has 0 fully saturated rings. The van der Waals surface area contributed by atoms with E-state index in [0.29, 0.717) is 10.0 Å². The summed E-state index contributed by atoms with van der Waals surface area (Å²) in [5.74, 6) is -2.14. The molecule has 4 nitrogen and oxygen atoms in total. The number of ether oxygens (including phenoxy) is 1. The maximum absolute atomic E-state index is 11.6. The maximum Gasteiger partial charge on any atom is 0.373 e. The summed E-state index contributed by atoms with van der Waals surface area (Å²) >= 11 is 3.19. The van der Waals surface area contributed by atoms with Gasteiger partial charge in [-0.2, -0.15) is 0 Å². The van der Waals surface area contributed by atoms with Crippen LogP contribution in [0.3, 0.4) is 0 Å². The molecule has 0 heterocycles. The van der Waals surface area contributed by atoms with Crippen LogP contribution < -0.4 is 0 Å². The van der Waals surface area contributed by atoms with Gasteiger partial charge in [0.25, 0.3) is 0 Å². The Balaban J connectivity index is 2.97.